The summed E-state index contributed by atoms with van der Waals surface area (Å²) in [5.74, 6) is 0.514. The number of amides is 1. The van der Waals surface area contributed by atoms with Crippen molar-refractivity contribution in [1.82, 2.24) is 9.97 Å². The highest BCUT2D eigenvalue weighted by Gasteiger charge is 2.26. The van der Waals surface area contributed by atoms with Gasteiger partial charge >= 0.3 is 0 Å². The number of anilines is 1. The van der Waals surface area contributed by atoms with Gasteiger partial charge in [-0.3, -0.25) is 10.1 Å². The van der Waals surface area contributed by atoms with Gasteiger partial charge in [-0.05, 0) is 50.5 Å². The van der Waals surface area contributed by atoms with Gasteiger partial charge in [-0.25, -0.2) is 4.98 Å². The molecule has 0 radical (unpaired) electrons. The number of carbonyl (C=O) groups is 1. The summed E-state index contributed by atoms with van der Waals surface area (Å²) in [6.45, 7) is 4.11. The van der Waals surface area contributed by atoms with Crippen LogP contribution >= 0.6 is 11.3 Å². The summed E-state index contributed by atoms with van der Waals surface area (Å²) in [6, 6.07) is 5.75. The maximum Gasteiger partial charge on any atom is 0.257 e. The Bertz CT molecular complexity index is 873. The zero-order valence-electron chi connectivity index (χ0n) is 12.6. The van der Waals surface area contributed by atoms with E-state index in [1.807, 2.05) is 25.1 Å². The van der Waals surface area contributed by atoms with E-state index in [4.69, 9.17) is 0 Å². The molecule has 2 N–H and O–H groups in total. The lowest BCUT2D eigenvalue weighted by molar-refractivity contribution is 0.102. The fraction of sp³-hybridized carbons (Fsp3) is 0.294. The first-order valence-corrected chi connectivity index (χ1v) is 8.35. The Hall–Kier alpha value is -2.14. The van der Waals surface area contributed by atoms with E-state index in [1.54, 1.807) is 0 Å². The van der Waals surface area contributed by atoms with Crippen LogP contribution < -0.4 is 5.32 Å². The SMILES string of the molecule is Cc1[nH]c2ccc(C(=O)Nc3nc(C4CC4)cs3)cc2c1C. The van der Waals surface area contributed by atoms with Crippen LogP contribution in [0.15, 0.2) is 23.6 Å². The van der Waals surface area contributed by atoms with Crippen LogP contribution in [0.1, 0.15) is 46.1 Å². The lowest BCUT2D eigenvalue weighted by Gasteiger charge is -2.02. The molecular formula is C17H17N3OS. The predicted molar refractivity (Wildman–Crippen MR) is 89.8 cm³/mol. The van der Waals surface area contributed by atoms with Crippen molar-refractivity contribution in [2.24, 2.45) is 0 Å². The van der Waals surface area contributed by atoms with Gasteiger partial charge in [-0.2, -0.15) is 0 Å². The Morgan fingerprint density at radius 1 is 1.36 bits per heavy atom. The van der Waals surface area contributed by atoms with Crippen LogP contribution in [0.3, 0.4) is 0 Å². The van der Waals surface area contributed by atoms with Crippen LogP contribution in [0, 0.1) is 13.8 Å². The van der Waals surface area contributed by atoms with E-state index in [-0.39, 0.29) is 5.91 Å². The summed E-state index contributed by atoms with van der Waals surface area (Å²) in [6.07, 6.45) is 2.44. The van der Waals surface area contributed by atoms with Crippen molar-refractivity contribution >= 4 is 33.3 Å². The Kier molecular flexibility index (Phi) is 3.04. The summed E-state index contributed by atoms with van der Waals surface area (Å²) in [7, 11) is 0. The van der Waals surface area contributed by atoms with Crippen LogP contribution in [0.25, 0.3) is 10.9 Å². The second kappa shape index (κ2) is 4.95. The van der Waals surface area contributed by atoms with Gasteiger partial charge in [0.25, 0.3) is 5.91 Å². The third-order valence-corrected chi connectivity index (χ3v) is 5.08. The van der Waals surface area contributed by atoms with Crippen LogP contribution in [-0.4, -0.2) is 15.9 Å². The number of nitrogens with one attached hydrogen (secondary N) is 2. The summed E-state index contributed by atoms with van der Waals surface area (Å²) in [5, 5.41) is 6.75. The number of thiazole rings is 1. The van der Waals surface area contributed by atoms with Crippen LogP contribution in [-0.2, 0) is 0 Å². The number of carbonyl (C=O) groups excluding carboxylic acids is 1. The Morgan fingerprint density at radius 3 is 2.95 bits per heavy atom. The first kappa shape index (κ1) is 13.5. The van der Waals surface area contributed by atoms with Crippen molar-refractivity contribution in [2.75, 3.05) is 5.32 Å². The molecule has 4 nitrogen and oxygen atoms in total. The molecule has 1 fully saturated rings. The van der Waals surface area contributed by atoms with E-state index in [0.29, 0.717) is 16.6 Å². The molecule has 0 aliphatic heterocycles. The quantitative estimate of drug-likeness (QED) is 0.754. The van der Waals surface area contributed by atoms with E-state index >= 15 is 0 Å². The van der Waals surface area contributed by atoms with Gasteiger partial charge in [0.05, 0.1) is 5.69 Å². The molecule has 2 aromatic heterocycles. The van der Waals surface area contributed by atoms with Gasteiger partial charge in [0, 0.05) is 33.5 Å². The Balaban J connectivity index is 1.59. The highest BCUT2D eigenvalue weighted by molar-refractivity contribution is 7.14. The molecule has 0 unspecified atom stereocenters. The van der Waals surface area contributed by atoms with Gasteiger partial charge in [-0.1, -0.05) is 0 Å². The number of rotatable bonds is 3. The molecular weight excluding hydrogens is 294 g/mol. The van der Waals surface area contributed by atoms with Crippen molar-refractivity contribution in [3.05, 3.63) is 46.1 Å². The van der Waals surface area contributed by atoms with Gasteiger partial charge in [-0.15, -0.1) is 11.3 Å². The van der Waals surface area contributed by atoms with Crippen molar-refractivity contribution < 1.29 is 4.79 Å². The average Bonchev–Trinajstić information content (AvgIpc) is 3.20. The normalized spacial score (nSPS) is 14.5. The first-order valence-electron chi connectivity index (χ1n) is 7.47. The largest absolute Gasteiger partial charge is 0.358 e. The Morgan fingerprint density at radius 2 is 2.18 bits per heavy atom. The molecule has 3 aromatic rings. The molecule has 5 heteroatoms. The lowest BCUT2D eigenvalue weighted by atomic mass is 10.1. The number of nitrogens with zero attached hydrogens (tertiary/aromatic N) is 1. The second-order valence-corrected chi connectivity index (χ2v) is 6.80. The molecule has 1 aromatic carbocycles. The van der Waals surface area contributed by atoms with Crippen LogP contribution in [0.2, 0.25) is 0 Å². The number of fused-ring (bicyclic) bond motifs is 1. The molecule has 1 saturated carbocycles. The first-order chi connectivity index (χ1) is 10.6. The van der Waals surface area contributed by atoms with Gasteiger partial charge in [0.15, 0.2) is 5.13 Å². The zero-order chi connectivity index (χ0) is 15.3. The number of aromatic nitrogens is 2. The van der Waals surface area contributed by atoms with E-state index < -0.39 is 0 Å². The van der Waals surface area contributed by atoms with Crippen LogP contribution in [0.4, 0.5) is 5.13 Å². The third kappa shape index (κ3) is 2.31. The summed E-state index contributed by atoms with van der Waals surface area (Å²) < 4.78 is 0. The fourth-order valence-corrected chi connectivity index (χ4v) is 3.47. The molecule has 0 saturated heterocycles. The maximum atomic E-state index is 12.4. The summed E-state index contributed by atoms with van der Waals surface area (Å²) in [4.78, 5) is 20.2. The second-order valence-electron chi connectivity index (χ2n) is 5.94. The summed E-state index contributed by atoms with van der Waals surface area (Å²) >= 11 is 1.50. The minimum absolute atomic E-state index is 0.100. The molecule has 4 rings (SSSR count). The Labute approximate surface area is 132 Å². The molecule has 2 heterocycles. The molecule has 0 bridgehead atoms. The minimum atomic E-state index is -0.100. The van der Waals surface area contributed by atoms with Crippen molar-refractivity contribution in [3.8, 4) is 0 Å². The number of hydrogen-bond acceptors (Lipinski definition) is 3. The topological polar surface area (TPSA) is 57.8 Å². The number of aryl methyl sites for hydroxylation is 2. The molecule has 1 amide bonds. The number of hydrogen-bond donors (Lipinski definition) is 2. The number of aromatic amines is 1. The number of H-pyrrole nitrogens is 1. The van der Waals surface area contributed by atoms with Gasteiger partial charge in [0.2, 0.25) is 0 Å². The van der Waals surface area contributed by atoms with E-state index in [2.05, 4.69) is 27.6 Å². The monoisotopic (exact) mass is 311 g/mol. The van der Waals surface area contributed by atoms with Gasteiger partial charge < -0.3 is 4.98 Å². The van der Waals surface area contributed by atoms with E-state index in [1.165, 1.54) is 29.7 Å². The summed E-state index contributed by atoms with van der Waals surface area (Å²) in [5.41, 5.74) is 5.18. The van der Waals surface area contributed by atoms with Crippen molar-refractivity contribution in [1.29, 1.82) is 0 Å². The fourth-order valence-electron chi connectivity index (χ4n) is 2.68. The average molecular weight is 311 g/mol. The minimum Gasteiger partial charge on any atom is -0.358 e. The molecule has 1 aliphatic carbocycles. The standard InChI is InChI=1S/C17H17N3OS/c1-9-10(2)18-14-6-5-12(7-13(9)14)16(21)20-17-19-15(8-22-17)11-3-4-11/h5-8,11,18H,3-4H2,1-2H3,(H,19,20,21). The van der Waals surface area contributed by atoms with Gasteiger partial charge in [0.1, 0.15) is 0 Å². The van der Waals surface area contributed by atoms with E-state index in [0.717, 1.165) is 22.3 Å². The molecule has 112 valence electrons. The molecule has 1 aliphatic rings. The zero-order valence-corrected chi connectivity index (χ0v) is 13.4. The third-order valence-electron chi connectivity index (χ3n) is 4.31. The highest BCUT2D eigenvalue weighted by atomic mass is 32.1. The van der Waals surface area contributed by atoms with Crippen molar-refractivity contribution in [3.63, 3.8) is 0 Å². The maximum absolute atomic E-state index is 12.4. The smallest absolute Gasteiger partial charge is 0.257 e. The molecule has 22 heavy (non-hydrogen) atoms. The van der Waals surface area contributed by atoms with Crippen LogP contribution in [0.5, 0.6) is 0 Å². The van der Waals surface area contributed by atoms with Crippen molar-refractivity contribution in [2.45, 2.75) is 32.6 Å². The molecule has 0 atom stereocenters. The lowest BCUT2D eigenvalue weighted by Crippen LogP contribution is -2.11. The number of benzene rings is 1. The molecule has 0 spiro atoms. The highest BCUT2D eigenvalue weighted by Crippen LogP contribution is 2.40. The predicted octanol–water partition coefficient (Wildman–Crippen LogP) is 4.37. The van der Waals surface area contributed by atoms with E-state index in [9.17, 15) is 4.79 Å².